The number of ether oxygens (including phenoxy) is 1. The van der Waals surface area contributed by atoms with Crippen molar-refractivity contribution in [1.82, 2.24) is 20.0 Å². The minimum absolute atomic E-state index is 0.0945. The van der Waals surface area contributed by atoms with Crippen LogP contribution in [0.2, 0.25) is 0 Å². The Kier molecular flexibility index (Phi) is 5.02. The number of hydrogen-bond donors (Lipinski definition) is 1. The molecule has 6 heteroatoms. The van der Waals surface area contributed by atoms with Crippen molar-refractivity contribution in [1.29, 1.82) is 0 Å². The summed E-state index contributed by atoms with van der Waals surface area (Å²) >= 11 is 0. The number of rotatable bonds is 5. The smallest absolute Gasteiger partial charge is 0.226 e. The van der Waals surface area contributed by atoms with Crippen molar-refractivity contribution in [2.75, 3.05) is 20.7 Å². The Morgan fingerprint density at radius 1 is 1.43 bits per heavy atom. The fraction of sp³-hybridized carbons (Fsp3) is 0.765. The summed E-state index contributed by atoms with van der Waals surface area (Å²) in [6.07, 6.45) is 7.74. The van der Waals surface area contributed by atoms with Crippen molar-refractivity contribution in [3.05, 3.63) is 18.0 Å². The number of amides is 1. The molecule has 0 bridgehead atoms. The van der Waals surface area contributed by atoms with Crippen LogP contribution in [0.25, 0.3) is 0 Å². The number of carbonyl (C=O) groups is 1. The molecule has 0 unspecified atom stereocenters. The predicted octanol–water partition coefficient (Wildman–Crippen LogP) is 1.58. The molecule has 1 aliphatic heterocycles. The molecule has 2 heterocycles. The van der Waals surface area contributed by atoms with Crippen LogP contribution in [0, 0.1) is 5.92 Å². The number of nitrogens with one attached hydrogen (secondary N) is 1. The predicted molar refractivity (Wildman–Crippen MR) is 88.0 cm³/mol. The van der Waals surface area contributed by atoms with Crippen LogP contribution in [-0.4, -0.2) is 53.4 Å². The summed E-state index contributed by atoms with van der Waals surface area (Å²) in [4.78, 5) is 15.0. The molecule has 0 aromatic carbocycles. The molecule has 1 aromatic rings. The fourth-order valence-electron chi connectivity index (χ4n) is 3.75. The number of nitrogens with zero attached hydrogens (tertiary/aromatic N) is 3. The zero-order chi connectivity index (χ0) is 16.4. The molecule has 1 amide bonds. The van der Waals surface area contributed by atoms with E-state index in [0.717, 1.165) is 37.8 Å². The lowest BCUT2D eigenvalue weighted by atomic mass is 9.96. The van der Waals surface area contributed by atoms with Crippen LogP contribution in [-0.2, 0) is 16.1 Å². The summed E-state index contributed by atoms with van der Waals surface area (Å²) in [7, 11) is 4.22. The second-order valence-corrected chi connectivity index (χ2v) is 6.95. The van der Waals surface area contributed by atoms with E-state index in [2.05, 4.69) is 36.3 Å². The van der Waals surface area contributed by atoms with E-state index in [4.69, 9.17) is 4.74 Å². The van der Waals surface area contributed by atoms with Gasteiger partial charge in [0.15, 0.2) is 0 Å². The molecule has 1 saturated heterocycles. The van der Waals surface area contributed by atoms with E-state index in [0.29, 0.717) is 18.7 Å². The molecule has 0 radical (unpaired) electrons. The van der Waals surface area contributed by atoms with Crippen LogP contribution in [0.3, 0.4) is 0 Å². The van der Waals surface area contributed by atoms with Crippen LogP contribution in [0.15, 0.2) is 12.4 Å². The highest BCUT2D eigenvalue weighted by Crippen LogP contribution is 2.35. The van der Waals surface area contributed by atoms with Gasteiger partial charge < -0.3 is 15.0 Å². The van der Waals surface area contributed by atoms with Gasteiger partial charge in [-0.3, -0.25) is 9.48 Å². The first kappa shape index (κ1) is 16.5. The summed E-state index contributed by atoms with van der Waals surface area (Å²) in [6.45, 7) is 3.53. The van der Waals surface area contributed by atoms with Gasteiger partial charge in [-0.15, -0.1) is 0 Å². The Hall–Kier alpha value is -1.40. The molecule has 3 rings (SSSR count). The largest absolute Gasteiger partial charge is 0.373 e. The van der Waals surface area contributed by atoms with Gasteiger partial charge in [-0.25, -0.2) is 0 Å². The Labute approximate surface area is 138 Å². The number of aryl methyl sites for hydroxylation is 1. The van der Waals surface area contributed by atoms with Gasteiger partial charge in [-0.1, -0.05) is 0 Å². The zero-order valence-electron chi connectivity index (χ0n) is 14.4. The Morgan fingerprint density at radius 3 is 2.91 bits per heavy atom. The van der Waals surface area contributed by atoms with Gasteiger partial charge >= 0.3 is 0 Å². The van der Waals surface area contributed by atoms with E-state index in [1.165, 1.54) is 0 Å². The Bertz CT molecular complexity index is 542. The summed E-state index contributed by atoms with van der Waals surface area (Å²) in [5, 5.41) is 7.56. The lowest BCUT2D eigenvalue weighted by Gasteiger charge is -2.21. The van der Waals surface area contributed by atoms with Gasteiger partial charge in [0.1, 0.15) is 0 Å². The standard InChI is InChI=1S/C17H28N4O2/c1-4-21-11-12(10-18-21)16-15(7-8-23-16)17(22)19-13-5-6-14(9-13)20(2)3/h10-11,13-16H,4-9H2,1-3H3,(H,19,22)/t13-,14-,15-,16+/m0/s1. The zero-order valence-corrected chi connectivity index (χ0v) is 14.4. The second kappa shape index (κ2) is 7.01. The molecule has 6 nitrogen and oxygen atoms in total. The topological polar surface area (TPSA) is 59.4 Å². The van der Waals surface area contributed by atoms with Crippen LogP contribution in [0.5, 0.6) is 0 Å². The van der Waals surface area contributed by atoms with Crippen molar-refractivity contribution in [3.8, 4) is 0 Å². The summed E-state index contributed by atoms with van der Waals surface area (Å²) in [6, 6.07) is 0.883. The molecule has 2 fully saturated rings. The highest BCUT2D eigenvalue weighted by Gasteiger charge is 2.37. The summed E-state index contributed by atoms with van der Waals surface area (Å²) in [5.74, 6) is 0.0454. The average Bonchev–Trinajstić information content (AvgIpc) is 3.26. The van der Waals surface area contributed by atoms with Crippen molar-refractivity contribution in [2.45, 2.75) is 57.3 Å². The van der Waals surface area contributed by atoms with Crippen LogP contribution < -0.4 is 5.32 Å². The number of aromatic nitrogens is 2. The molecule has 1 aromatic heterocycles. The maximum atomic E-state index is 12.7. The van der Waals surface area contributed by atoms with E-state index in [9.17, 15) is 4.79 Å². The van der Waals surface area contributed by atoms with E-state index < -0.39 is 0 Å². The average molecular weight is 320 g/mol. The first-order valence-electron chi connectivity index (χ1n) is 8.69. The van der Waals surface area contributed by atoms with Gasteiger partial charge in [0.05, 0.1) is 18.2 Å². The number of carbonyl (C=O) groups excluding carboxylic acids is 1. The molecule has 1 aliphatic carbocycles. The van der Waals surface area contributed by atoms with Gasteiger partial charge in [-0.2, -0.15) is 5.10 Å². The molecule has 4 atom stereocenters. The minimum Gasteiger partial charge on any atom is -0.373 e. The lowest BCUT2D eigenvalue weighted by Crippen LogP contribution is -2.39. The van der Waals surface area contributed by atoms with Crippen LogP contribution in [0.4, 0.5) is 0 Å². The second-order valence-electron chi connectivity index (χ2n) is 6.95. The van der Waals surface area contributed by atoms with E-state index in [-0.39, 0.29) is 17.9 Å². The monoisotopic (exact) mass is 320 g/mol. The molecule has 1 saturated carbocycles. The SMILES string of the molecule is CCn1cc([C@H]2OCC[C@@H]2C(=O)N[C@H]2CC[C@H](N(C)C)C2)cn1. The van der Waals surface area contributed by atoms with E-state index in [1.54, 1.807) is 0 Å². The molecule has 2 aliphatic rings. The summed E-state index contributed by atoms with van der Waals surface area (Å²) < 4.78 is 7.71. The maximum absolute atomic E-state index is 12.7. The Morgan fingerprint density at radius 2 is 2.26 bits per heavy atom. The normalized spacial score (nSPS) is 31.0. The highest BCUT2D eigenvalue weighted by molar-refractivity contribution is 5.80. The Balaban J connectivity index is 1.60. The van der Waals surface area contributed by atoms with Crippen molar-refractivity contribution < 1.29 is 9.53 Å². The molecule has 0 spiro atoms. The van der Waals surface area contributed by atoms with Crippen molar-refractivity contribution in [2.24, 2.45) is 5.92 Å². The maximum Gasteiger partial charge on any atom is 0.226 e. The van der Waals surface area contributed by atoms with Gasteiger partial charge in [0.25, 0.3) is 0 Å². The minimum atomic E-state index is -0.152. The van der Waals surface area contributed by atoms with Gasteiger partial charge in [0.2, 0.25) is 5.91 Å². The van der Waals surface area contributed by atoms with Crippen LogP contribution >= 0.6 is 0 Å². The van der Waals surface area contributed by atoms with Crippen molar-refractivity contribution >= 4 is 5.91 Å². The van der Waals surface area contributed by atoms with Crippen LogP contribution in [0.1, 0.15) is 44.3 Å². The van der Waals surface area contributed by atoms with E-state index in [1.807, 2.05) is 17.1 Å². The molecule has 1 N–H and O–H groups in total. The molecular weight excluding hydrogens is 292 g/mol. The third kappa shape index (κ3) is 3.58. The first-order valence-corrected chi connectivity index (χ1v) is 8.69. The first-order chi connectivity index (χ1) is 11.1. The van der Waals surface area contributed by atoms with Crippen molar-refractivity contribution in [3.63, 3.8) is 0 Å². The third-order valence-corrected chi connectivity index (χ3v) is 5.22. The highest BCUT2D eigenvalue weighted by atomic mass is 16.5. The molecule has 128 valence electrons. The van der Waals surface area contributed by atoms with E-state index >= 15 is 0 Å². The van der Waals surface area contributed by atoms with Gasteiger partial charge in [-0.05, 0) is 46.7 Å². The lowest BCUT2D eigenvalue weighted by molar-refractivity contribution is -0.127. The molecular formula is C17H28N4O2. The quantitative estimate of drug-likeness (QED) is 0.895. The van der Waals surface area contributed by atoms with Gasteiger partial charge in [0, 0.05) is 37.0 Å². The summed E-state index contributed by atoms with van der Waals surface area (Å²) in [5.41, 5.74) is 1.02. The molecule has 23 heavy (non-hydrogen) atoms. The fourth-order valence-corrected chi connectivity index (χ4v) is 3.75. The number of hydrogen-bond acceptors (Lipinski definition) is 4. The third-order valence-electron chi connectivity index (χ3n) is 5.22.